The third kappa shape index (κ3) is 2.11. The predicted octanol–water partition coefficient (Wildman–Crippen LogP) is 2.84. The van der Waals surface area contributed by atoms with Crippen LogP contribution in [0.15, 0.2) is 18.5 Å². The number of alkyl halides is 2. The lowest BCUT2D eigenvalue weighted by Gasteiger charge is -2.37. The van der Waals surface area contributed by atoms with Gasteiger partial charge in [-0.05, 0) is 37.8 Å². The van der Waals surface area contributed by atoms with Gasteiger partial charge in [0.15, 0.2) is 0 Å². The van der Waals surface area contributed by atoms with Crippen LogP contribution in [0.3, 0.4) is 0 Å². The molecule has 4 nitrogen and oxygen atoms in total. The number of halogens is 2. The van der Waals surface area contributed by atoms with E-state index in [0.29, 0.717) is 5.56 Å². The molecule has 22 heavy (non-hydrogen) atoms. The summed E-state index contributed by atoms with van der Waals surface area (Å²) in [5.41, 5.74) is -0.196. The van der Waals surface area contributed by atoms with E-state index >= 15 is 0 Å². The molecule has 6 heteroatoms. The molecule has 1 aromatic rings. The van der Waals surface area contributed by atoms with Crippen LogP contribution in [0.1, 0.15) is 50.3 Å². The van der Waals surface area contributed by atoms with Crippen molar-refractivity contribution in [2.75, 3.05) is 0 Å². The van der Waals surface area contributed by atoms with Gasteiger partial charge < -0.3 is 5.11 Å². The van der Waals surface area contributed by atoms with E-state index in [1.165, 1.54) is 13.1 Å². The highest BCUT2D eigenvalue weighted by Crippen LogP contribution is 2.56. The fourth-order valence-corrected chi connectivity index (χ4v) is 3.85. The van der Waals surface area contributed by atoms with Gasteiger partial charge in [-0.2, -0.15) is 5.26 Å². The minimum Gasteiger partial charge on any atom is -0.378 e. The predicted molar refractivity (Wildman–Crippen MR) is 75.9 cm³/mol. The number of hydrogen-bond donors (Lipinski definition) is 1. The summed E-state index contributed by atoms with van der Waals surface area (Å²) in [7, 11) is 0. The SMILES string of the molecule is CC(F)(F)[C@@]1(C)C[C@@H]2CC[C@@H](c3cncc(C#N)c3)N2C1O. The van der Waals surface area contributed by atoms with E-state index in [2.05, 4.69) is 4.98 Å². The number of aliphatic hydroxyl groups is 1. The van der Waals surface area contributed by atoms with Crippen molar-refractivity contribution in [3.05, 3.63) is 29.6 Å². The van der Waals surface area contributed by atoms with E-state index in [1.54, 1.807) is 17.2 Å². The molecule has 2 saturated heterocycles. The van der Waals surface area contributed by atoms with Gasteiger partial charge in [0, 0.05) is 31.4 Å². The quantitative estimate of drug-likeness (QED) is 0.912. The molecular weight excluding hydrogens is 288 g/mol. The average molecular weight is 307 g/mol. The van der Waals surface area contributed by atoms with Crippen molar-refractivity contribution in [2.45, 2.75) is 57.3 Å². The summed E-state index contributed by atoms with van der Waals surface area (Å²) in [6.45, 7) is 2.34. The molecule has 1 unspecified atom stereocenters. The number of nitriles is 1. The van der Waals surface area contributed by atoms with Crippen LogP contribution < -0.4 is 0 Å². The molecule has 118 valence electrons. The standard InChI is InChI=1S/C16H19F2N3O/c1-15(16(2,17)18)6-12-3-4-13(21(12)14(15)22)11-5-10(7-19)8-20-9-11/h5,8-9,12-14,22H,3-4,6H2,1-2H3/t12-,13-,14?,15-/m0/s1. The number of hydrogen-bond acceptors (Lipinski definition) is 4. The molecule has 0 radical (unpaired) electrons. The summed E-state index contributed by atoms with van der Waals surface area (Å²) < 4.78 is 28.0. The van der Waals surface area contributed by atoms with Crippen molar-refractivity contribution in [3.8, 4) is 6.07 Å². The number of aromatic nitrogens is 1. The topological polar surface area (TPSA) is 60.2 Å². The molecule has 0 aliphatic carbocycles. The molecule has 0 saturated carbocycles. The van der Waals surface area contributed by atoms with E-state index in [0.717, 1.165) is 25.3 Å². The molecule has 2 aliphatic rings. The summed E-state index contributed by atoms with van der Waals surface area (Å²) in [5.74, 6) is -2.95. The molecule has 4 atom stereocenters. The van der Waals surface area contributed by atoms with E-state index in [4.69, 9.17) is 5.26 Å². The molecule has 0 spiro atoms. The second kappa shape index (κ2) is 4.97. The first-order valence-corrected chi connectivity index (χ1v) is 7.46. The third-order valence-corrected chi connectivity index (χ3v) is 5.34. The van der Waals surface area contributed by atoms with Gasteiger partial charge in [-0.25, -0.2) is 8.78 Å². The van der Waals surface area contributed by atoms with Crippen molar-refractivity contribution in [3.63, 3.8) is 0 Å². The van der Waals surface area contributed by atoms with Gasteiger partial charge in [-0.1, -0.05) is 0 Å². The molecule has 2 fully saturated rings. The molecular formula is C16H19F2N3O. The fourth-order valence-electron chi connectivity index (χ4n) is 3.85. The summed E-state index contributed by atoms with van der Waals surface area (Å²) in [6, 6.07) is 3.55. The van der Waals surface area contributed by atoms with Crippen molar-refractivity contribution in [2.24, 2.45) is 5.41 Å². The largest absolute Gasteiger partial charge is 0.378 e. The number of rotatable bonds is 2. The van der Waals surface area contributed by atoms with Gasteiger partial charge in [0.05, 0.1) is 11.0 Å². The highest BCUT2D eigenvalue weighted by molar-refractivity contribution is 5.31. The van der Waals surface area contributed by atoms with Crippen LogP contribution in [0.5, 0.6) is 0 Å². The summed E-state index contributed by atoms with van der Waals surface area (Å²) in [4.78, 5) is 5.83. The van der Waals surface area contributed by atoms with Crippen LogP contribution in [0.4, 0.5) is 8.78 Å². The van der Waals surface area contributed by atoms with E-state index in [-0.39, 0.29) is 18.5 Å². The van der Waals surface area contributed by atoms with Gasteiger partial charge in [-0.3, -0.25) is 9.88 Å². The Morgan fingerprint density at radius 3 is 2.82 bits per heavy atom. The lowest BCUT2D eigenvalue weighted by molar-refractivity contribution is -0.170. The second-order valence-electron chi connectivity index (χ2n) is 6.70. The molecule has 0 bridgehead atoms. The zero-order chi connectivity index (χ0) is 16.1. The maximum absolute atomic E-state index is 14.0. The van der Waals surface area contributed by atoms with Gasteiger partial charge >= 0.3 is 0 Å². The summed E-state index contributed by atoms with van der Waals surface area (Å²) >= 11 is 0. The molecule has 3 heterocycles. The normalized spacial score (nSPS) is 35.4. The zero-order valence-corrected chi connectivity index (χ0v) is 12.6. The van der Waals surface area contributed by atoms with E-state index in [9.17, 15) is 13.9 Å². The first kappa shape index (κ1) is 15.3. The van der Waals surface area contributed by atoms with Crippen molar-refractivity contribution in [1.29, 1.82) is 5.26 Å². The lowest BCUT2D eigenvalue weighted by Crippen LogP contribution is -2.47. The maximum Gasteiger partial charge on any atom is 0.254 e. The average Bonchev–Trinajstić information content (AvgIpc) is 2.98. The van der Waals surface area contributed by atoms with Crippen LogP contribution in [0, 0.1) is 16.7 Å². The Morgan fingerprint density at radius 2 is 2.18 bits per heavy atom. The highest BCUT2D eigenvalue weighted by Gasteiger charge is 2.62. The van der Waals surface area contributed by atoms with Crippen LogP contribution in [0.2, 0.25) is 0 Å². The summed E-state index contributed by atoms with van der Waals surface area (Å²) in [5, 5.41) is 19.6. The van der Waals surface area contributed by atoms with Crippen molar-refractivity contribution < 1.29 is 13.9 Å². The Balaban J connectivity index is 1.93. The van der Waals surface area contributed by atoms with Crippen LogP contribution in [0.25, 0.3) is 0 Å². The Hall–Kier alpha value is -1.58. The molecule has 3 rings (SSSR count). The molecule has 0 aromatic carbocycles. The van der Waals surface area contributed by atoms with Crippen molar-refractivity contribution >= 4 is 0 Å². The van der Waals surface area contributed by atoms with Gasteiger partial charge in [0.1, 0.15) is 12.3 Å². The lowest BCUT2D eigenvalue weighted by atomic mass is 9.79. The summed E-state index contributed by atoms with van der Waals surface area (Å²) in [6.07, 6.45) is 3.75. The van der Waals surface area contributed by atoms with Crippen molar-refractivity contribution in [1.82, 2.24) is 9.88 Å². The second-order valence-corrected chi connectivity index (χ2v) is 6.70. The Kier molecular flexibility index (Phi) is 3.46. The Bertz CT molecular complexity index is 625. The Morgan fingerprint density at radius 1 is 1.45 bits per heavy atom. The van der Waals surface area contributed by atoms with E-state index < -0.39 is 17.6 Å². The molecule has 0 amide bonds. The first-order valence-electron chi connectivity index (χ1n) is 7.46. The van der Waals surface area contributed by atoms with Crippen LogP contribution in [-0.2, 0) is 0 Å². The van der Waals surface area contributed by atoms with Crippen LogP contribution in [-0.4, -0.2) is 33.2 Å². The highest BCUT2D eigenvalue weighted by atomic mass is 19.3. The van der Waals surface area contributed by atoms with Crippen LogP contribution >= 0.6 is 0 Å². The number of pyridine rings is 1. The minimum atomic E-state index is -2.95. The number of fused-ring (bicyclic) bond motifs is 1. The molecule has 1 N–H and O–H groups in total. The van der Waals surface area contributed by atoms with E-state index in [1.807, 2.05) is 6.07 Å². The fraction of sp³-hybridized carbons (Fsp3) is 0.625. The molecule has 2 aliphatic heterocycles. The minimum absolute atomic E-state index is 0.0541. The third-order valence-electron chi connectivity index (χ3n) is 5.34. The number of nitrogens with zero attached hydrogens (tertiary/aromatic N) is 3. The monoisotopic (exact) mass is 307 g/mol. The van der Waals surface area contributed by atoms with Gasteiger partial charge in [0.2, 0.25) is 0 Å². The molecule has 1 aromatic heterocycles. The van der Waals surface area contributed by atoms with Gasteiger partial charge in [-0.15, -0.1) is 0 Å². The number of aliphatic hydroxyl groups excluding tert-OH is 1. The maximum atomic E-state index is 14.0. The smallest absolute Gasteiger partial charge is 0.254 e. The first-order chi connectivity index (χ1) is 10.3. The zero-order valence-electron chi connectivity index (χ0n) is 12.6. The Labute approximate surface area is 128 Å². The van der Waals surface area contributed by atoms with Gasteiger partial charge in [0.25, 0.3) is 5.92 Å².